The van der Waals surface area contributed by atoms with E-state index in [1.165, 1.54) is 0 Å². The molecule has 0 fully saturated rings. The van der Waals surface area contributed by atoms with Crippen molar-refractivity contribution < 1.29 is 4.74 Å². The molecule has 1 rings (SSSR count). The fraction of sp³-hybridized carbons (Fsp3) is 0.636. The van der Waals surface area contributed by atoms with Gasteiger partial charge in [-0.1, -0.05) is 0 Å². The Hall–Kier alpha value is -1.03. The third kappa shape index (κ3) is 3.52. The van der Waals surface area contributed by atoms with Crippen molar-refractivity contribution in [1.29, 1.82) is 0 Å². The van der Waals surface area contributed by atoms with E-state index in [4.69, 9.17) is 16.3 Å². The number of hydrogen-bond donors (Lipinski definition) is 0. The summed E-state index contributed by atoms with van der Waals surface area (Å²) in [6.07, 6.45) is 2.62. The molecule has 0 atom stereocenters. The molecule has 1 aromatic heterocycles. The maximum absolute atomic E-state index is 5.70. The number of hydrogen-bond acceptors (Lipinski definition) is 4. The summed E-state index contributed by atoms with van der Waals surface area (Å²) in [7, 11) is 1.60. The van der Waals surface area contributed by atoms with Crippen LogP contribution in [0, 0.1) is 0 Å². The Morgan fingerprint density at radius 2 is 2.25 bits per heavy atom. The van der Waals surface area contributed by atoms with Crippen LogP contribution in [0.2, 0.25) is 0 Å². The molecule has 0 radical (unpaired) electrons. The lowest BCUT2D eigenvalue weighted by Crippen LogP contribution is -2.33. The lowest BCUT2D eigenvalue weighted by molar-refractivity contribution is 0.396. The van der Waals surface area contributed by atoms with Gasteiger partial charge >= 0.3 is 0 Å². The Bertz CT molecular complexity index is 320. The van der Waals surface area contributed by atoms with Gasteiger partial charge in [0.25, 0.3) is 0 Å². The van der Waals surface area contributed by atoms with Gasteiger partial charge < -0.3 is 9.64 Å². The molecule has 0 aliphatic heterocycles. The minimum Gasteiger partial charge on any atom is -0.481 e. The van der Waals surface area contributed by atoms with E-state index < -0.39 is 0 Å². The second kappa shape index (κ2) is 6.53. The van der Waals surface area contributed by atoms with Gasteiger partial charge in [0.15, 0.2) is 0 Å². The molecule has 0 bridgehead atoms. The summed E-state index contributed by atoms with van der Waals surface area (Å²) in [5, 5.41) is 0. The fourth-order valence-corrected chi connectivity index (χ4v) is 1.52. The number of anilines is 1. The molecule has 0 saturated carbocycles. The third-order valence-electron chi connectivity index (χ3n) is 2.24. The molecule has 0 aliphatic carbocycles. The van der Waals surface area contributed by atoms with Gasteiger partial charge in [-0.2, -0.15) is 4.98 Å². The molecule has 1 heterocycles. The van der Waals surface area contributed by atoms with Gasteiger partial charge in [-0.3, -0.25) is 0 Å². The van der Waals surface area contributed by atoms with Crippen LogP contribution in [0.25, 0.3) is 0 Å². The van der Waals surface area contributed by atoms with Gasteiger partial charge in [0.05, 0.1) is 7.11 Å². The van der Waals surface area contributed by atoms with Gasteiger partial charge in [-0.15, -0.1) is 11.6 Å². The molecular formula is C11H18ClN3O. The van der Waals surface area contributed by atoms with E-state index in [0.717, 1.165) is 13.0 Å². The van der Waals surface area contributed by atoms with E-state index in [9.17, 15) is 0 Å². The number of nitrogens with zero attached hydrogens (tertiary/aromatic N) is 3. The van der Waals surface area contributed by atoms with Crippen molar-refractivity contribution in [1.82, 2.24) is 9.97 Å². The molecule has 0 amide bonds. The number of halogens is 1. The van der Waals surface area contributed by atoms with E-state index in [2.05, 4.69) is 28.7 Å². The first-order chi connectivity index (χ1) is 7.69. The van der Waals surface area contributed by atoms with Crippen LogP contribution in [-0.2, 0) is 0 Å². The molecule has 0 N–H and O–H groups in total. The smallest absolute Gasteiger partial charge is 0.228 e. The molecule has 5 heteroatoms. The van der Waals surface area contributed by atoms with Gasteiger partial charge in [0, 0.05) is 30.7 Å². The zero-order valence-electron chi connectivity index (χ0n) is 9.98. The topological polar surface area (TPSA) is 38.2 Å². The van der Waals surface area contributed by atoms with E-state index in [0.29, 0.717) is 23.8 Å². The lowest BCUT2D eigenvalue weighted by atomic mass is 10.3. The summed E-state index contributed by atoms with van der Waals surface area (Å²) in [6, 6.07) is 2.08. The highest BCUT2D eigenvalue weighted by molar-refractivity contribution is 6.17. The highest BCUT2D eigenvalue weighted by Crippen LogP contribution is 2.15. The van der Waals surface area contributed by atoms with E-state index in [-0.39, 0.29) is 0 Å². The number of aromatic nitrogens is 2. The Morgan fingerprint density at radius 1 is 1.50 bits per heavy atom. The first-order valence-corrected chi connectivity index (χ1v) is 5.92. The van der Waals surface area contributed by atoms with E-state index >= 15 is 0 Å². The molecule has 0 spiro atoms. The number of rotatable bonds is 6. The summed E-state index contributed by atoms with van der Waals surface area (Å²) in [4.78, 5) is 10.7. The van der Waals surface area contributed by atoms with Gasteiger partial charge in [-0.25, -0.2) is 4.98 Å². The van der Waals surface area contributed by atoms with E-state index in [1.807, 2.05) is 0 Å². The Kier molecular flexibility index (Phi) is 5.32. The van der Waals surface area contributed by atoms with Gasteiger partial charge in [0.2, 0.25) is 11.8 Å². The maximum Gasteiger partial charge on any atom is 0.228 e. The first kappa shape index (κ1) is 13.0. The SMILES string of the molecule is COc1ccnc(N(CCCCl)C(C)C)n1. The normalized spacial score (nSPS) is 10.6. The quantitative estimate of drug-likeness (QED) is 0.719. The summed E-state index contributed by atoms with van der Waals surface area (Å²) in [5.74, 6) is 1.92. The van der Waals surface area contributed by atoms with Crippen molar-refractivity contribution in [3.8, 4) is 5.88 Å². The predicted octanol–water partition coefficient (Wildman–Crippen LogP) is 2.33. The van der Waals surface area contributed by atoms with Crippen LogP contribution in [0.1, 0.15) is 20.3 Å². The molecule has 16 heavy (non-hydrogen) atoms. The third-order valence-corrected chi connectivity index (χ3v) is 2.51. The summed E-state index contributed by atoms with van der Waals surface area (Å²) < 4.78 is 5.09. The number of alkyl halides is 1. The number of ether oxygens (including phenoxy) is 1. The van der Waals surface area contributed by atoms with Crippen LogP contribution < -0.4 is 9.64 Å². The average Bonchev–Trinajstić information content (AvgIpc) is 2.29. The summed E-state index contributed by atoms with van der Waals surface area (Å²) in [6.45, 7) is 5.07. The van der Waals surface area contributed by atoms with Crippen LogP contribution in [-0.4, -0.2) is 35.5 Å². The number of methoxy groups -OCH3 is 1. The molecule has 1 aromatic rings. The van der Waals surface area contributed by atoms with Crippen molar-refractivity contribution in [2.24, 2.45) is 0 Å². The minimum absolute atomic E-state index is 0.343. The Morgan fingerprint density at radius 3 is 2.81 bits per heavy atom. The van der Waals surface area contributed by atoms with E-state index in [1.54, 1.807) is 19.4 Å². The molecule has 0 aromatic carbocycles. The molecule has 0 unspecified atom stereocenters. The van der Waals surface area contributed by atoms with Crippen molar-refractivity contribution in [3.05, 3.63) is 12.3 Å². The zero-order valence-corrected chi connectivity index (χ0v) is 10.7. The minimum atomic E-state index is 0.343. The molecule has 0 saturated heterocycles. The highest BCUT2D eigenvalue weighted by Gasteiger charge is 2.13. The first-order valence-electron chi connectivity index (χ1n) is 5.38. The van der Waals surface area contributed by atoms with Gasteiger partial charge in [0.1, 0.15) is 0 Å². The van der Waals surface area contributed by atoms with Crippen molar-refractivity contribution in [2.75, 3.05) is 24.4 Å². The Labute approximate surface area is 102 Å². The second-order valence-corrected chi connectivity index (χ2v) is 4.11. The Balaban J connectivity index is 2.82. The monoisotopic (exact) mass is 243 g/mol. The zero-order chi connectivity index (χ0) is 12.0. The van der Waals surface area contributed by atoms with Crippen molar-refractivity contribution in [2.45, 2.75) is 26.3 Å². The highest BCUT2D eigenvalue weighted by atomic mass is 35.5. The second-order valence-electron chi connectivity index (χ2n) is 3.73. The maximum atomic E-state index is 5.70. The lowest BCUT2D eigenvalue weighted by Gasteiger charge is -2.26. The predicted molar refractivity (Wildman–Crippen MR) is 66.4 cm³/mol. The van der Waals surface area contributed by atoms with Gasteiger partial charge in [-0.05, 0) is 20.3 Å². The largest absolute Gasteiger partial charge is 0.481 e. The van der Waals surface area contributed by atoms with Crippen LogP contribution in [0.4, 0.5) is 5.95 Å². The molecule has 0 aliphatic rings. The molecule has 4 nitrogen and oxygen atoms in total. The van der Waals surface area contributed by atoms with Crippen LogP contribution in [0.3, 0.4) is 0 Å². The average molecular weight is 244 g/mol. The van der Waals surface area contributed by atoms with Crippen LogP contribution in [0.15, 0.2) is 12.3 Å². The van der Waals surface area contributed by atoms with Crippen LogP contribution >= 0.6 is 11.6 Å². The summed E-state index contributed by atoms with van der Waals surface area (Å²) >= 11 is 5.70. The standard InChI is InChI=1S/C11H18ClN3O/c1-9(2)15(8-4-6-12)11-13-7-5-10(14-11)16-3/h5,7,9H,4,6,8H2,1-3H3. The summed E-state index contributed by atoms with van der Waals surface area (Å²) in [5.41, 5.74) is 0. The van der Waals surface area contributed by atoms with Crippen molar-refractivity contribution in [3.63, 3.8) is 0 Å². The molecular weight excluding hydrogens is 226 g/mol. The van der Waals surface area contributed by atoms with Crippen molar-refractivity contribution >= 4 is 17.5 Å². The fourth-order valence-electron chi connectivity index (χ4n) is 1.40. The molecule has 90 valence electrons. The van der Waals surface area contributed by atoms with Crippen LogP contribution in [0.5, 0.6) is 5.88 Å².